The van der Waals surface area contributed by atoms with Crippen LogP contribution in [0.1, 0.15) is 61.3 Å². The Bertz CT molecular complexity index is 461. The first-order chi connectivity index (χ1) is 11.2. The zero-order chi connectivity index (χ0) is 19.7. The minimum absolute atomic E-state index is 0.0795. The summed E-state index contributed by atoms with van der Waals surface area (Å²) in [5, 5.41) is 10.2. The van der Waals surface area contributed by atoms with E-state index < -0.39 is 13.9 Å². The Hall–Kier alpha value is -0.593. The van der Waals surface area contributed by atoms with Crippen molar-refractivity contribution in [2.75, 3.05) is 19.7 Å². The predicted octanol–water partition coefficient (Wildman–Crippen LogP) is 4.41. The van der Waals surface area contributed by atoms with Crippen LogP contribution in [0.4, 0.5) is 4.79 Å². The lowest BCUT2D eigenvalue weighted by molar-refractivity contribution is -0.0717. The molecule has 148 valence electrons. The fraction of sp³-hybridized carbons (Fsp3) is 0.947. The van der Waals surface area contributed by atoms with Crippen LogP contribution < -0.4 is 0 Å². The molecule has 6 heteroatoms. The number of aliphatic hydroxyl groups excluding tert-OH is 1. The van der Waals surface area contributed by atoms with E-state index in [9.17, 15) is 9.90 Å². The third-order valence-corrected chi connectivity index (χ3v) is 10.3. The van der Waals surface area contributed by atoms with Gasteiger partial charge in [-0.15, -0.1) is 0 Å². The van der Waals surface area contributed by atoms with Crippen LogP contribution in [0, 0.1) is 5.41 Å². The molecule has 0 aromatic heterocycles. The molecule has 0 aromatic rings. The summed E-state index contributed by atoms with van der Waals surface area (Å²) in [6, 6.07) is 0. The highest BCUT2D eigenvalue weighted by Crippen LogP contribution is 2.43. The monoisotopic (exact) mass is 373 g/mol. The van der Waals surface area contributed by atoms with Gasteiger partial charge in [-0.05, 0) is 51.7 Å². The Morgan fingerprint density at radius 2 is 1.80 bits per heavy atom. The zero-order valence-corrected chi connectivity index (χ0v) is 18.7. The molecule has 0 saturated carbocycles. The van der Waals surface area contributed by atoms with Gasteiger partial charge in [0.05, 0.1) is 12.7 Å². The van der Waals surface area contributed by atoms with E-state index in [0.717, 1.165) is 12.8 Å². The van der Waals surface area contributed by atoms with E-state index >= 15 is 0 Å². The van der Waals surface area contributed by atoms with Gasteiger partial charge in [0.25, 0.3) is 0 Å². The number of hydrogen-bond donors (Lipinski definition) is 1. The summed E-state index contributed by atoms with van der Waals surface area (Å²) >= 11 is 0. The molecule has 0 aliphatic carbocycles. The first kappa shape index (κ1) is 22.4. The Morgan fingerprint density at radius 3 is 2.20 bits per heavy atom. The number of amides is 1. The van der Waals surface area contributed by atoms with E-state index in [2.05, 4.69) is 40.8 Å². The van der Waals surface area contributed by atoms with Crippen LogP contribution in [0.3, 0.4) is 0 Å². The molecule has 0 bridgehead atoms. The Kier molecular flexibility index (Phi) is 6.80. The summed E-state index contributed by atoms with van der Waals surface area (Å²) in [4.78, 5) is 14.2. The van der Waals surface area contributed by atoms with E-state index in [0.29, 0.717) is 13.1 Å². The molecule has 0 radical (unpaired) electrons. The number of hydrogen-bond acceptors (Lipinski definition) is 4. The molecule has 1 heterocycles. The van der Waals surface area contributed by atoms with Crippen LogP contribution in [0.5, 0.6) is 0 Å². The number of carbonyl (C=O) groups is 1. The summed E-state index contributed by atoms with van der Waals surface area (Å²) in [7, 11) is -2.01. The fourth-order valence-corrected chi connectivity index (χ4v) is 4.28. The van der Waals surface area contributed by atoms with Crippen molar-refractivity contribution in [3.63, 3.8) is 0 Å². The van der Waals surface area contributed by atoms with E-state index in [4.69, 9.17) is 9.16 Å². The van der Waals surface area contributed by atoms with Crippen molar-refractivity contribution < 1.29 is 19.1 Å². The molecule has 1 aliphatic rings. The highest BCUT2D eigenvalue weighted by molar-refractivity contribution is 6.74. The van der Waals surface area contributed by atoms with Gasteiger partial charge in [-0.3, -0.25) is 0 Å². The quantitative estimate of drug-likeness (QED) is 0.742. The average molecular weight is 374 g/mol. The molecule has 1 fully saturated rings. The highest BCUT2D eigenvalue weighted by atomic mass is 28.4. The molecule has 1 saturated heterocycles. The number of likely N-dealkylation sites (tertiary alicyclic amines) is 1. The van der Waals surface area contributed by atoms with E-state index in [-0.39, 0.29) is 29.3 Å². The van der Waals surface area contributed by atoms with Gasteiger partial charge in [0.2, 0.25) is 0 Å². The summed E-state index contributed by atoms with van der Waals surface area (Å²) < 4.78 is 12.2. The first-order valence-corrected chi connectivity index (χ1v) is 12.3. The van der Waals surface area contributed by atoms with Gasteiger partial charge in [0.15, 0.2) is 8.32 Å². The molecule has 0 aromatic carbocycles. The molecule has 1 amide bonds. The molecule has 0 unspecified atom stereocenters. The van der Waals surface area contributed by atoms with Crippen molar-refractivity contribution in [1.82, 2.24) is 4.90 Å². The standard InChI is InChI=1S/C19H39NO4Si/c1-10-19(14-21)11-12-20(16(22)23-17(2,3)4)13-15(19)24-25(8,9)18(5,6)7/h15,21H,10-14H2,1-9H3/t15-,19-/m0/s1. The second kappa shape index (κ2) is 7.57. The van der Waals surface area contributed by atoms with Crippen LogP contribution >= 0.6 is 0 Å². The van der Waals surface area contributed by atoms with Crippen LogP contribution in [-0.2, 0) is 9.16 Å². The average Bonchev–Trinajstić information content (AvgIpc) is 2.44. The maximum Gasteiger partial charge on any atom is 0.410 e. The molecule has 1 rings (SSSR count). The Labute approximate surface area is 155 Å². The summed E-state index contributed by atoms with van der Waals surface area (Å²) in [5.41, 5.74) is -0.794. The molecule has 25 heavy (non-hydrogen) atoms. The van der Waals surface area contributed by atoms with Crippen LogP contribution in [-0.4, -0.2) is 55.8 Å². The number of rotatable bonds is 4. The molecular formula is C19H39NO4Si. The second-order valence-electron chi connectivity index (χ2n) is 9.92. The lowest BCUT2D eigenvalue weighted by Gasteiger charge is -2.50. The maximum atomic E-state index is 12.5. The highest BCUT2D eigenvalue weighted by Gasteiger charge is 2.48. The normalized spacial score (nSPS) is 25.8. The minimum atomic E-state index is -2.01. The minimum Gasteiger partial charge on any atom is -0.444 e. The van der Waals surface area contributed by atoms with Gasteiger partial charge < -0.3 is 19.2 Å². The van der Waals surface area contributed by atoms with E-state index in [1.54, 1.807) is 4.90 Å². The maximum absolute atomic E-state index is 12.5. The molecule has 0 spiro atoms. The lowest BCUT2D eigenvalue weighted by Crippen LogP contribution is -2.59. The topological polar surface area (TPSA) is 59.0 Å². The van der Waals surface area contributed by atoms with Crippen molar-refractivity contribution in [3.8, 4) is 0 Å². The van der Waals surface area contributed by atoms with Crippen LogP contribution in [0.15, 0.2) is 0 Å². The number of piperidine rings is 1. The molecule has 2 atom stereocenters. The second-order valence-corrected chi connectivity index (χ2v) is 14.7. The zero-order valence-electron chi connectivity index (χ0n) is 17.7. The number of carbonyl (C=O) groups excluding carboxylic acids is 1. The number of nitrogens with zero attached hydrogens (tertiary/aromatic N) is 1. The van der Waals surface area contributed by atoms with Crippen molar-refractivity contribution >= 4 is 14.4 Å². The van der Waals surface area contributed by atoms with Gasteiger partial charge in [-0.25, -0.2) is 4.79 Å². The third-order valence-electron chi connectivity index (χ3n) is 5.86. The van der Waals surface area contributed by atoms with Crippen molar-refractivity contribution in [1.29, 1.82) is 0 Å². The van der Waals surface area contributed by atoms with Gasteiger partial charge in [0.1, 0.15) is 5.60 Å². The largest absolute Gasteiger partial charge is 0.444 e. The van der Waals surface area contributed by atoms with E-state index in [1.807, 2.05) is 20.8 Å². The lowest BCUT2D eigenvalue weighted by atomic mass is 9.75. The SMILES string of the molecule is CC[C@@]1(CO)CCN(C(=O)OC(C)(C)C)C[C@@H]1O[Si](C)(C)C(C)(C)C. The Balaban J connectivity index is 3.03. The molecular weight excluding hydrogens is 334 g/mol. The third kappa shape index (κ3) is 5.44. The van der Waals surface area contributed by atoms with Crippen molar-refractivity contribution in [3.05, 3.63) is 0 Å². The van der Waals surface area contributed by atoms with Crippen LogP contribution in [0.25, 0.3) is 0 Å². The van der Waals surface area contributed by atoms with Gasteiger partial charge in [-0.1, -0.05) is 27.7 Å². The summed E-state index contributed by atoms with van der Waals surface area (Å²) in [5.74, 6) is 0. The number of aliphatic hydroxyl groups is 1. The smallest absolute Gasteiger partial charge is 0.410 e. The number of ether oxygens (including phenoxy) is 1. The molecule has 1 aliphatic heterocycles. The van der Waals surface area contributed by atoms with Gasteiger partial charge in [0, 0.05) is 18.5 Å². The summed E-state index contributed by atoms with van der Waals surface area (Å²) in [6.07, 6.45) is 1.12. The Morgan fingerprint density at radius 1 is 1.24 bits per heavy atom. The molecule has 1 N–H and O–H groups in total. The van der Waals surface area contributed by atoms with Gasteiger partial charge in [-0.2, -0.15) is 0 Å². The van der Waals surface area contributed by atoms with Crippen molar-refractivity contribution in [2.45, 2.75) is 91.1 Å². The predicted molar refractivity (Wildman–Crippen MR) is 104 cm³/mol. The molecule has 5 nitrogen and oxygen atoms in total. The van der Waals surface area contributed by atoms with Gasteiger partial charge >= 0.3 is 6.09 Å². The first-order valence-electron chi connectivity index (χ1n) is 9.44. The fourth-order valence-electron chi connectivity index (χ4n) is 2.89. The van der Waals surface area contributed by atoms with E-state index in [1.165, 1.54) is 0 Å². The van der Waals surface area contributed by atoms with Crippen LogP contribution in [0.2, 0.25) is 18.1 Å². The summed E-state index contributed by atoms with van der Waals surface area (Å²) in [6.45, 7) is 20.0. The van der Waals surface area contributed by atoms with Crippen molar-refractivity contribution in [2.24, 2.45) is 5.41 Å².